The molecule has 0 aromatic heterocycles. The predicted octanol–water partition coefficient (Wildman–Crippen LogP) is 5.15. The number of sulfone groups is 1. The Bertz CT molecular complexity index is 1110. The van der Waals surface area contributed by atoms with Crippen molar-refractivity contribution in [3.8, 4) is 16.9 Å². The lowest BCUT2D eigenvalue weighted by Gasteiger charge is -2.25. The Morgan fingerprint density at radius 2 is 1.94 bits per heavy atom. The molecule has 31 heavy (non-hydrogen) atoms. The Morgan fingerprint density at radius 3 is 2.68 bits per heavy atom. The number of benzene rings is 2. The number of allylic oxidation sites excluding steroid dienone is 2. The van der Waals surface area contributed by atoms with E-state index in [-0.39, 0.29) is 17.8 Å². The fourth-order valence-corrected chi connectivity index (χ4v) is 5.15. The summed E-state index contributed by atoms with van der Waals surface area (Å²) in [7, 11) is -3.01. The summed E-state index contributed by atoms with van der Waals surface area (Å²) >= 11 is 0. The summed E-state index contributed by atoms with van der Waals surface area (Å²) in [5.74, 6) is 1.12. The largest absolute Gasteiger partial charge is 0.493 e. The van der Waals surface area contributed by atoms with E-state index in [4.69, 9.17) is 9.47 Å². The smallest absolute Gasteiger partial charge is 0.147 e. The summed E-state index contributed by atoms with van der Waals surface area (Å²) in [6.45, 7) is 5.28. The average Bonchev–Trinajstić information content (AvgIpc) is 3.17. The van der Waals surface area contributed by atoms with Crippen LogP contribution in [0.2, 0.25) is 0 Å². The van der Waals surface area contributed by atoms with Crippen molar-refractivity contribution in [1.29, 1.82) is 0 Å². The van der Waals surface area contributed by atoms with E-state index < -0.39 is 9.84 Å². The summed E-state index contributed by atoms with van der Waals surface area (Å²) in [5, 5.41) is 0. The lowest BCUT2D eigenvalue weighted by molar-refractivity contribution is 0.122. The highest BCUT2D eigenvalue weighted by atomic mass is 32.2. The van der Waals surface area contributed by atoms with Gasteiger partial charge in [0.2, 0.25) is 0 Å². The number of fused-ring (bicyclic) bond motifs is 1. The van der Waals surface area contributed by atoms with Gasteiger partial charge in [0, 0.05) is 23.3 Å². The van der Waals surface area contributed by atoms with Gasteiger partial charge < -0.3 is 9.47 Å². The van der Waals surface area contributed by atoms with Crippen LogP contribution in [0.4, 0.5) is 0 Å². The summed E-state index contributed by atoms with van der Waals surface area (Å²) in [6, 6.07) is 12.4. The highest BCUT2D eigenvalue weighted by Crippen LogP contribution is 2.47. The van der Waals surface area contributed by atoms with Crippen molar-refractivity contribution < 1.29 is 17.9 Å². The molecule has 164 valence electrons. The number of rotatable bonds is 7. The van der Waals surface area contributed by atoms with Crippen LogP contribution in [0.15, 0.2) is 60.2 Å². The number of ether oxygens (including phenoxy) is 2. The van der Waals surface area contributed by atoms with Crippen LogP contribution in [-0.2, 0) is 14.6 Å². The van der Waals surface area contributed by atoms with Crippen molar-refractivity contribution >= 4 is 9.84 Å². The van der Waals surface area contributed by atoms with Crippen molar-refractivity contribution in [1.82, 2.24) is 0 Å². The van der Waals surface area contributed by atoms with Crippen LogP contribution in [-0.4, -0.2) is 39.7 Å². The van der Waals surface area contributed by atoms with Crippen LogP contribution in [0, 0.1) is 13.8 Å². The van der Waals surface area contributed by atoms with Crippen molar-refractivity contribution in [2.75, 3.05) is 25.2 Å². The molecule has 0 N–H and O–H groups in total. The maximum atomic E-state index is 11.6. The van der Waals surface area contributed by atoms with Crippen LogP contribution < -0.4 is 4.74 Å². The Morgan fingerprint density at radius 1 is 1.16 bits per heavy atom. The molecule has 4 nitrogen and oxygen atoms in total. The molecule has 0 bridgehead atoms. The zero-order chi connectivity index (χ0) is 22.0. The molecule has 1 heterocycles. The standard InChI is InChI=1S/C26H30O4S/c1-18-16-22(20-10-5-4-6-11-20)26(29-14-9-15-31(3,27)28)25(19(18)2)23-17-30-24-13-8-7-12-21(23)24/h4-8,10-12,16,23-24H,9,13-15,17H2,1-3H3/t23-,24+/m1/s1. The van der Waals surface area contributed by atoms with Crippen LogP contribution in [0.3, 0.4) is 0 Å². The zero-order valence-electron chi connectivity index (χ0n) is 18.4. The van der Waals surface area contributed by atoms with Gasteiger partial charge in [-0.25, -0.2) is 8.42 Å². The van der Waals surface area contributed by atoms with Gasteiger partial charge in [0.25, 0.3) is 0 Å². The first-order valence-electron chi connectivity index (χ1n) is 10.8. The fourth-order valence-electron chi connectivity index (χ4n) is 4.51. The van der Waals surface area contributed by atoms with Crippen LogP contribution in [0.5, 0.6) is 5.75 Å². The molecule has 1 aliphatic carbocycles. The molecule has 2 atom stereocenters. The van der Waals surface area contributed by atoms with Crippen molar-refractivity contribution in [3.63, 3.8) is 0 Å². The lowest BCUT2D eigenvalue weighted by Crippen LogP contribution is -2.14. The molecular weight excluding hydrogens is 408 g/mol. The monoisotopic (exact) mass is 438 g/mol. The van der Waals surface area contributed by atoms with E-state index in [1.165, 1.54) is 28.5 Å². The molecule has 2 aromatic carbocycles. The van der Waals surface area contributed by atoms with Gasteiger partial charge in [0.05, 0.1) is 25.1 Å². The Kier molecular flexibility index (Phi) is 6.35. The summed E-state index contributed by atoms with van der Waals surface area (Å²) in [5.41, 5.74) is 7.04. The molecule has 0 amide bonds. The second kappa shape index (κ2) is 9.01. The Hall–Kier alpha value is -2.37. The van der Waals surface area contributed by atoms with Gasteiger partial charge in [0.15, 0.2) is 0 Å². The average molecular weight is 439 g/mol. The molecule has 0 radical (unpaired) electrons. The van der Waals surface area contributed by atoms with E-state index in [1.54, 1.807) is 0 Å². The number of hydrogen-bond donors (Lipinski definition) is 0. The molecule has 0 unspecified atom stereocenters. The third-order valence-electron chi connectivity index (χ3n) is 6.20. The van der Waals surface area contributed by atoms with Gasteiger partial charge in [-0.2, -0.15) is 0 Å². The molecular formula is C26H30O4S. The minimum atomic E-state index is -3.01. The van der Waals surface area contributed by atoms with Crippen LogP contribution in [0.25, 0.3) is 11.1 Å². The first-order valence-corrected chi connectivity index (χ1v) is 12.9. The molecule has 0 spiro atoms. The molecule has 0 saturated carbocycles. The van der Waals surface area contributed by atoms with Gasteiger partial charge in [-0.05, 0) is 55.0 Å². The van der Waals surface area contributed by atoms with Crippen molar-refractivity contribution in [2.24, 2.45) is 0 Å². The van der Waals surface area contributed by atoms with Crippen LogP contribution >= 0.6 is 0 Å². The molecule has 4 rings (SSSR count). The molecule has 1 aliphatic heterocycles. The third kappa shape index (κ3) is 4.78. The van der Waals surface area contributed by atoms with E-state index in [0.29, 0.717) is 19.6 Å². The van der Waals surface area contributed by atoms with Gasteiger partial charge in [-0.15, -0.1) is 0 Å². The fraction of sp³-hybridized carbons (Fsp3) is 0.385. The molecule has 5 heteroatoms. The van der Waals surface area contributed by atoms with Crippen LogP contribution in [0.1, 0.15) is 35.4 Å². The zero-order valence-corrected chi connectivity index (χ0v) is 19.2. The lowest BCUT2D eigenvalue weighted by atomic mass is 9.82. The highest BCUT2D eigenvalue weighted by Gasteiger charge is 2.36. The van der Waals surface area contributed by atoms with Gasteiger partial charge in [-0.1, -0.05) is 48.6 Å². The second-order valence-electron chi connectivity index (χ2n) is 8.51. The Balaban J connectivity index is 1.79. The maximum Gasteiger partial charge on any atom is 0.147 e. The Labute approximate surface area is 185 Å². The normalized spacial score (nSPS) is 20.4. The first kappa shape index (κ1) is 21.8. The van der Waals surface area contributed by atoms with E-state index in [2.05, 4.69) is 50.3 Å². The van der Waals surface area contributed by atoms with E-state index in [1.807, 2.05) is 18.2 Å². The SMILES string of the molecule is Cc1cc(-c2ccccc2)c(OCCCS(C)(=O)=O)c([C@@H]2CO[C@H]3CC=CC=C32)c1C. The summed E-state index contributed by atoms with van der Waals surface area (Å²) in [4.78, 5) is 0. The van der Waals surface area contributed by atoms with Crippen molar-refractivity contribution in [2.45, 2.75) is 38.7 Å². The number of aryl methyl sites for hydroxylation is 1. The molecule has 2 aromatic rings. The molecule has 2 aliphatic rings. The minimum absolute atomic E-state index is 0.123. The third-order valence-corrected chi connectivity index (χ3v) is 7.23. The molecule has 1 fully saturated rings. The van der Waals surface area contributed by atoms with E-state index in [9.17, 15) is 8.42 Å². The second-order valence-corrected chi connectivity index (χ2v) is 10.8. The first-order chi connectivity index (χ1) is 14.8. The quantitative estimate of drug-likeness (QED) is 0.561. The molecule has 1 saturated heterocycles. The minimum Gasteiger partial charge on any atom is -0.493 e. The van der Waals surface area contributed by atoms with Gasteiger partial charge >= 0.3 is 0 Å². The maximum absolute atomic E-state index is 11.6. The summed E-state index contributed by atoms with van der Waals surface area (Å²) in [6.07, 6.45) is 9.22. The highest BCUT2D eigenvalue weighted by molar-refractivity contribution is 7.90. The van der Waals surface area contributed by atoms with Crippen molar-refractivity contribution in [3.05, 3.63) is 76.9 Å². The van der Waals surface area contributed by atoms with E-state index in [0.717, 1.165) is 23.3 Å². The van der Waals surface area contributed by atoms with Gasteiger partial charge in [0.1, 0.15) is 15.6 Å². The number of hydrogen-bond acceptors (Lipinski definition) is 4. The van der Waals surface area contributed by atoms with E-state index >= 15 is 0 Å². The summed E-state index contributed by atoms with van der Waals surface area (Å²) < 4.78 is 35.7. The predicted molar refractivity (Wildman–Crippen MR) is 125 cm³/mol. The topological polar surface area (TPSA) is 52.6 Å². The van der Waals surface area contributed by atoms with Gasteiger partial charge in [-0.3, -0.25) is 0 Å².